The van der Waals surface area contributed by atoms with Gasteiger partial charge in [-0.3, -0.25) is 4.90 Å². The summed E-state index contributed by atoms with van der Waals surface area (Å²) in [6.07, 6.45) is 5.68. The molecule has 0 bridgehead atoms. The highest BCUT2D eigenvalue weighted by Gasteiger charge is 2.22. The lowest BCUT2D eigenvalue weighted by atomic mass is 10.0. The summed E-state index contributed by atoms with van der Waals surface area (Å²) in [5, 5.41) is 3.30. The zero-order valence-corrected chi connectivity index (χ0v) is 12.6. The number of likely N-dealkylation sites (N-methyl/N-ethyl adjacent to an activating group) is 1. The average molecular weight is 285 g/mol. The van der Waals surface area contributed by atoms with Crippen molar-refractivity contribution in [3.05, 3.63) is 42.3 Å². The Kier molecular flexibility index (Phi) is 4.68. The van der Waals surface area contributed by atoms with Crippen LogP contribution in [0.3, 0.4) is 0 Å². The SMILES string of the molecule is CNCC1CCCCN1Cc1coc(-c2ccccc2)n1. The molecule has 1 aliphatic heterocycles. The van der Waals surface area contributed by atoms with Crippen LogP contribution in [0, 0.1) is 0 Å². The molecule has 1 N–H and O–H groups in total. The smallest absolute Gasteiger partial charge is 0.226 e. The third-order valence-electron chi connectivity index (χ3n) is 4.13. The minimum Gasteiger partial charge on any atom is -0.444 e. The van der Waals surface area contributed by atoms with E-state index in [1.807, 2.05) is 37.4 Å². The van der Waals surface area contributed by atoms with Gasteiger partial charge in [-0.05, 0) is 38.6 Å². The molecule has 4 heteroatoms. The number of hydrogen-bond donors (Lipinski definition) is 1. The molecule has 1 unspecified atom stereocenters. The van der Waals surface area contributed by atoms with Gasteiger partial charge in [0.15, 0.2) is 0 Å². The van der Waals surface area contributed by atoms with Gasteiger partial charge in [0.1, 0.15) is 6.26 Å². The van der Waals surface area contributed by atoms with Crippen LogP contribution in [0.25, 0.3) is 11.5 Å². The van der Waals surface area contributed by atoms with Crippen LogP contribution in [0.2, 0.25) is 0 Å². The Hall–Kier alpha value is -1.65. The van der Waals surface area contributed by atoms with Gasteiger partial charge in [-0.2, -0.15) is 0 Å². The molecule has 1 aromatic carbocycles. The molecule has 112 valence electrons. The van der Waals surface area contributed by atoms with E-state index in [0.717, 1.165) is 30.9 Å². The van der Waals surface area contributed by atoms with E-state index in [1.54, 1.807) is 6.26 Å². The van der Waals surface area contributed by atoms with E-state index in [1.165, 1.54) is 19.3 Å². The standard InChI is InChI=1S/C17H23N3O/c1-18-11-16-9-5-6-10-20(16)12-15-13-21-17(19-15)14-7-3-2-4-8-14/h2-4,7-8,13,16,18H,5-6,9-12H2,1H3. The summed E-state index contributed by atoms with van der Waals surface area (Å²) in [4.78, 5) is 7.16. The first-order valence-corrected chi connectivity index (χ1v) is 7.75. The van der Waals surface area contributed by atoms with Crippen LogP contribution in [0.5, 0.6) is 0 Å². The van der Waals surface area contributed by atoms with Crippen LogP contribution < -0.4 is 5.32 Å². The highest BCUT2D eigenvalue weighted by molar-refractivity contribution is 5.52. The fraction of sp³-hybridized carbons (Fsp3) is 0.471. The highest BCUT2D eigenvalue weighted by Crippen LogP contribution is 2.22. The van der Waals surface area contributed by atoms with Gasteiger partial charge in [0.25, 0.3) is 0 Å². The van der Waals surface area contributed by atoms with Crippen LogP contribution in [0.4, 0.5) is 0 Å². The van der Waals surface area contributed by atoms with Gasteiger partial charge in [0, 0.05) is 24.7 Å². The summed E-state index contributed by atoms with van der Waals surface area (Å²) in [5.41, 5.74) is 2.06. The van der Waals surface area contributed by atoms with E-state index in [9.17, 15) is 0 Å². The molecular formula is C17H23N3O. The molecule has 0 amide bonds. The molecule has 0 saturated carbocycles. The average Bonchev–Trinajstić information content (AvgIpc) is 2.99. The maximum Gasteiger partial charge on any atom is 0.226 e. The summed E-state index contributed by atoms with van der Waals surface area (Å²) in [5.74, 6) is 0.716. The van der Waals surface area contributed by atoms with Crippen LogP contribution >= 0.6 is 0 Å². The number of rotatable bonds is 5. The van der Waals surface area contributed by atoms with Crippen molar-refractivity contribution in [2.75, 3.05) is 20.1 Å². The summed E-state index contributed by atoms with van der Waals surface area (Å²) in [6, 6.07) is 10.7. The van der Waals surface area contributed by atoms with Crippen molar-refractivity contribution in [3.63, 3.8) is 0 Å². The second-order valence-corrected chi connectivity index (χ2v) is 5.69. The topological polar surface area (TPSA) is 41.3 Å². The van der Waals surface area contributed by atoms with Crippen LogP contribution in [0.1, 0.15) is 25.0 Å². The van der Waals surface area contributed by atoms with Crippen LogP contribution in [0.15, 0.2) is 41.0 Å². The van der Waals surface area contributed by atoms with Crippen molar-refractivity contribution in [3.8, 4) is 11.5 Å². The molecule has 21 heavy (non-hydrogen) atoms. The van der Waals surface area contributed by atoms with Crippen LogP contribution in [-0.2, 0) is 6.54 Å². The zero-order chi connectivity index (χ0) is 14.5. The minimum atomic E-state index is 0.612. The second-order valence-electron chi connectivity index (χ2n) is 5.69. The summed E-state index contributed by atoms with van der Waals surface area (Å²) in [7, 11) is 2.02. The van der Waals surface area contributed by atoms with Gasteiger partial charge < -0.3 is 9.73 Å². The fourth-order valence-corrected chi connectivity index (χ4v) is 3.04. The maximum absolute atomic E-state index is 5.63. The number of nitrogens with zero attached hydrogens (tertiary/aromatic N) is 2. The van der Waals surface area contributed by atoms with Crippen molar-refractivity contribution >= 4 is 0 Å². The zero-order valence-electron chi connectivity index (χ0n) is 12.6. The van der Waals surface area contributed by atoms with E-state index in [2.05, 4.69) is 15.2 Å². The predicted octanol–water partition coefficient (Wildman–Crippen LogP) is 2.92. The molecule has 0 spiro atoms. The van der Waals surface area contributed by atoms with E-state index in [4.69, 9.17) is 4.42 Å². The number of likely N-dealkylation sites (tertiary alicyclic amines) is 1. The van der Waals surface area contributed by atoms with Gasteiger partial charge >= 0.3 is 0 Å². The largest absolute Gasteiger partial charge is 0.444 e. The number of piperidine rings is 1. The van der Waals surface area contributed by atoms with E-state index in [0.29, 0.717) is 11.9 Å². The second kappa shape index (κ2) is 6.87. The molecule has 2 heterocycles. The van der Waals surface area contributed by atoms with Gasteiger partial charge in [0.2, 0.25) is 5.89 Å². The molecule has 1 aliphatic rings. The molecule has 4 nitrogen and oxygen atoms in total. The number of aromatic nitrogens is 1. The Morgan fingerprint density at radius 3 is 2.95 bits per heavy atom. The lowest BCUT2D eigenvalue weighted by Crippen LogP contribution is -2.44. The quantitative estimate of drug-likeness (QED) is 0.917. The van der Waals surface area contributed by atoms with Crippen molar-refractivity contribution in [1.29, 1.82) is 0 Å². The molecule has 1 fully saturated rings. The monoisotopic (exact) mass is 285 g/mol. The first-order chi connectivity index (χ1) is 10.4. The van der Waals surface area contributed by atoms with Crippen molar-refractivity contribution in [2.45, 2.75) is 31.8 Å². The summed E-state index contributed by atoms with van der Waals surface area (Å²) in [6.45, 7) is 3.08. The first-order valence-electron chi connectivity index (χ1n) is 7.75. The molecule has 0 aliphatic carbocycles. The van der Waals surface area contributed by atoms with E-state index < -0.39 is 0 Å². The Labute approximate surface area is 126 Å². The highest BCUT2D eigenvalue weighted by atomic mass is 16.3. The van der Waals surface area contributed by atoms with Crippen molar-refractivity contribution in [1.82, 2.24) is 15.2 Å². The number of nitrogens with one attached hydrogen (secondary N) is 1. The molecule has 2 aromatic rings. The molecule has 1 saturated heterocycles. The maximum atomic E-state index is 5.63. The fourth-order valence-electron chi connectivity index (χ4n) is 3.04. The Morgan fingerprint density at radius 2 is 2.14 bits per heavy atom. The van der Waals surface area contributed by atoms with E-state index >= 15 is 0 Å². The minimum absolute atomic E-state index is 0.612. The Bertz CT molecular complexity index is 550. The van der Waals surface area contributed by atoms with Gasteiger partial charge in [0.05, 0.1) is 5.69 Å². The third kappa shape index (κ3) is 3.52. The molecular weight excluding hydrogens is 262 g/mol. The Morgan fingerprint density at radius 1 is 1.29 bits per heavy atom. The van der Waals surface area contributed by atoms with E-state index in [-0.39, 0.29) is 0 Å². The lowest BCUT2D eigenvalue weighted by Gasteiger charge is -2.35. The molecule has 1 aromatic heterocycles. The lowest BCUT2D eigenvalue weighted by molar-refractivity contribution is 0.137. The van der Waals surface area contributed by atoms with Crippen molar-refractivity contribution < 1.29 is 4.42 Å². The predicted molar refractivity (Wildman–Crippen MR) is 83.9 cm³/mol. The van der Waals surface area contributed by atoms with Crippen LogP contribution in [-0.4, -0.2) is 36.1 Å². The van der Waals surface area contributed by atoms with Gasteiger partial charge in [-0.1, -0.05) is 24.6 Å². The molecule has 3 rings (SSSR count). The number of hydrogen-bond acceptors (Lipinski definition) is 4. The third-order valence-corrected chi connectivity index (χ3v) is 4.13. The Balaban J connectivity index is 1.69. The summed E-state index contributed by atoms with van der Waals surface area (Å²) < 4.78 is 5.63. The van der Waals surface area contributed by atoms with Gasteiger partial charge in [-0.15, -0.1) is 0 Å². The number of oxazole rings is 1. The molecule has 0 radical (unpaired) electrons. The summed E-state index contributed by atoms with van der Waals surface area (Å²) >= 11 is 0. The normalized spacial score (nSPS) is 19.8. The van der Waals surface area contributed by atoms with Crippen molar-refractivity contribution in [2.24, 2.45) is 0 Å². The molecule has 1 atom stereocenters. The van der Waals surface area contributed by atoms with Gasteiger partial charge in [-0.25, -0.2) is 4.98 Å². The number of benzene rings is 1. The first kappa shape index (κ1) is 14.3.